The van der Waals surface area contributed by atoms with Crippen LogP contribution in [0.3, 0.4) is 0 Å². The van der Waals surface area contributed by atoms with E-state index in [1.54, 1.807) is 14.2 Å². The summed E-state index contributed by atoms with van der Waals surface area (Å²) >= 11 is 0. The van der Waals surface area contributed by atoms with Crippen LogP contribution in [0.2, 0.25) is 0 Å². The fourth-order valence-corrected chi connectivity index (χ4v) is 3.06. The smallest absolute Gasteiger partial charge is 0.158 e. The lowest BCUT2D eigenvalue weighted by Crippen LogP contribution is -2.22. The second kappa shape index (κ2) is 8.88. The molecule has 0 saturated carbocycles. The summed E-state index contributed by atoms with van der Waals surface area (Å²) in [7, 11) is 3.39. The Kier molecular flexibility index (Phi) is 6.31. The first-order valence-electron chi connectivity index (χ1n) is 8.80. The van der Waals surface area contributed by atoms with Crippen LogP contribution >= 0.6 is 0 Å². The molecule has 1 saturated heterocycles. The molecule has 1 heterocycles. The van der Waals surface area contributed by atoms with Gasteiger partial charge in [-0.2, -0.15) is 0 Å². The van der Waals surface area contributed by atoms with Gasteiger partial charge in [0.05, 0.1) is 20.8 Å². The molecule has 4 nitrogen and oxygen atoms in total. The Balaban J connectivity index is 1.66. The SMILES string of the molecule is COc1cccc(Cc2ccc(COC3CCCCO3)cc2OC)c1. The van der Waals surface area contributed by atoms with Gasteiger partial charge in [-0.15, -0.1) is 0 Å². The van der Waals surface area contributed by atoms with Crippen LogP contribution in [0.15, 0.2) is 42.5 Å². The van der Waals surface area contributed by atoms with Crippen molar-refractivity contribution in [1.82, 2.24) is 0 Å². The lowest BCUT2D eigenvalue weighted by atomic mass is 10.0. The number of ether oxygens (including phenoxy) is 4. The number of hydrogen-bond acceptors (Lipinski definition) is 4. The van der Waals surface area contributed by atoms with Gasteiger partial charge in [-0.05, 0) is 54.2 Å². The fourth-order valence-electron chi connectivity index (χ4n) is 3.06. The van der Waals surface area contributed by atoms with Gasteiger partial charge < -0.3 is 18.9 Å². The highest BCUT2D eigenvalue weighted by Gasteiger charge is 2.14. The average molecular weight is 342 g/mol. The van der Waals surface area contributed by atoms with Crippen molar-refractivity contribution in [2.45, 2.75) is 38.6 Å². The van der Waals surface area contributed by atoms with Crippen LogP contribution in [0.4, 0.5) is 0 Å². The molecule has 25 heavy (non-hydrogen) atoms. The lowest BCUT2D eigenvalue weighted by molar-refractivity contribution is -0.168. The Bertz CT molecular complexity index is 677. The van der Waals surface area contributed by atoms with Gasteiger partial charge in [-0.1, -0.05) is 24.3 Å². The second-order valence-electron chi connectivity index (χ2n) is 6.28. The van der Waals surface area contributed by atoms with Crippen LogP contribution in [0.1, 0.15) is 36.0 Å². The first kappa shape index (κ1) is 17.8. The zero-order valence-corrected chi connectivity index (χ0v) is 15.0. The van der Waals surface area contributed by atoms with Gasteiger partial charge in [0.2, 0.25) is 0 Å². The Morgan fingerprint density at radius 3 is 2.68 bits per heavy atom. The average Bonchev–Trinajstić information content (AvgIpc) is 2.68. The zero-order valence-electron chi connectivity index (χ0n) is 15.0. The van der Waals surface area contributed by atoms with Crippen molar-refractivity contribution < 1.29 is 18.9 Å². The molecule has 134 valence electrons. The lowest BCUT2D eigenvalue weighted by Gasteiger charge is -2.22. The monoisotopic (exact) mass is 342 g/mol. The van der Waals surface area contributed by atoms with Gasteiger partial charge in [0.15, 0.2) is 6.29 Å². The fraction of sp³-hybridized carbons (Fsp3) is 0.429. The quantitative estimate of drug-likeness (QED) is 0.750. The summed E-state index contributed by atoms with van der Waals surface area (Å²) in [5, 5.41) is 0. The third-order valence-electron chi connectivity index (χ3n) is 4.45. The van der Waals surface area contributed by atoms with E-state index in [1.165, 1.54) is 12.0 Å². The second-order valence-corrected chi connectivity index (χ2v) is 6.28. The Morgan fingerprint density at radius 2 is 1.92 bits per heavy atom. The molecule has 0 spiro atoms. The standard InChI is InChI=1S/C21H26O4/c1-22-19-7-5-6-16(13-19)12-18-10-9-17(14-20(18)23-2)15-25-21-8-3-4-11-24-21/h5-7,9-10,13-14,21H,3-4,8,11-12,15H2,1-2H3. The van der Waals surface area contributed by atoms with E-state index < -0.39 is 0 Å². The summed E-state index contributed by atoms with van der Waals surface area (Å²) in [6.07, 6.45) is 4.01. The van der Waals surface area contributed by atoms with E-state index in [0.717, 1.165) is 48.5 Å². The predicted octanol–water partition coefficient (Wildman–Crippen LogP) is 4.34. The van der Waals surface area contributed by atoms with E-state index in [1.807, 2.05) is 12.1 Å². The Hall–Kier alpha value is -2.04. The van der Waals surface area contributed by atoms with Crippen LogP contribution in [-0.4, -0.2) is 27.1 Å². The van der Waals surface area contributed by atoms with Crippen molar-refractivity contribution in [2.24, 2.45) is 0 Å². The molecule has 0 aromatic heterocycles. The molecule has 1 unspecified atom stereocenters. The van der Waals surface area contributed by atoms with E-state index >= 15 is 0 Å². The minimum atomic E-state index is -0.0730. The molecule has 1 fully saturated rings. The van der Waals surface area contributed by atoms with Crippen LogP contribution < -0.4 is 9.47 Å². The normalized spacial score (nSPS) is 17.3. The number of hydrogen-bond donors (Lipinski definition) is 0. The van der Waals surface area contributed by atoms with Gasteiger partial charge in [0.1, 0.15) is 11.5 Å². The van der Waals surface area contributed by atoms with E-state index in [4.69, 9.17) is 18.9 Å². The van der Waals surface area contributed by atoms with E-state index in [-0.39, 0.29) is 6.29 Å². The summed E-state index contributed by atoms with van der Waals surface area (Å²) in [4.78, 5) is 0. The largest absolute Gasteiger partial charge is 0.497 e. The number of benzene rings is 2. The van der Waals surface area contributed by atoms with Gasteiger partial charge in [0, 0.05) is 13.0 Å². The first-order chi connectivity index (χ1) is 12.3. The predicted molar refractivity (Wildman–Crippen MR) is 97.2 cm³/mol. The third kappa shape index (κ3) is 4.97. The maximum Gasteiger partial charge on any atom is 0.158 e. The maximum atomic E-state index is 5.86. The van der Waals surface area contributed by atoms with Crippen molar-refractivity contribution in [2.75, 3.05) is 20.8 Å². The van der Waals surface area contributed by atoms with E-state index in [2.05, 4.69) is 30.3 Å². The van der Waals surface area contributed by atoms with Crippen molar-refractivity contribution in [1.29, 1.82) is 0 Å². The molecule has 0 aliphatic carbocycles. The van der Waals surface area contributed by atoms with Crippen molar-refractivity contribution in [3.05, 3.63) is 59.2 Å². The Morgan fingerprint density at radius 1 is 1.00 bits per heavy atom. The van der Waals surface area contributed by atoms with Crippen LogP contribution in [0.5, 0.6) is 11.5 Å². The van der Waals surface area contributed by atoms with Crippen LogP contribution in [0.25, 0.3) is 0 Å². The zero-order chi connectivity index (χ0) is 17.5. The van der Waals surface area contributed by atoms with Gasteiger partial charge in [0.25, 0.3) is 0 Å². The van der Waals surface area contributed by atoms with Crippen LogP contribution in [-0.2, 0) is 22.5 Å². The number of methoxy groups -OCH3 is 2. The summed E-state index contributed by atoms with van der Waals surface area (Å²) in [6, 6.07) is 14.4. The van der Waals surface area contributed by atoms with E-state index in [0.29, 0.717) is 6.61 Å². The topological polar surface area (TPSA) is 36.9 Å². The molecule has 0 radical (unpaired) electrons. The summed E-state index contributed by atoms with van der Waals surface area (Å²) in [6.45, 7) is 1.34. The van der Waals surface area contributed by atoms with Gasteiger partial charge in [-0.25, -0.2) is 0 Å². The molecule has 1 aliphatic heterocycles. The van der Waals surface area contributed by atoms with Gasteiger partial charge >= 0.3 is 0 Å². The minimum absolute atomic E-state index is 0.0730. The highest BCUT2D eigenvalue weighted by atomic mass is 16.7. The van der Waals surface area contributed by atoms with Crippen molar-refractivity contribution in [3.8, 4) is 11.5 Å². The summed E-state index contributed by atoms with van der Waals surface area (Å²) in [5.41, 5.74) is 3.44. The molecule has 4 heteroatoms. The molecule has 1 atom stereocenters. The molecule has 3 rings (SSSR count). The van der Waals surface area contributed by atoms with E-state index in [9.17, 15) is 0 Å². The minimum Gasteiger partial charge on any atom is -0.497 e. The maximum absolute atomic E-state index is 5.86. The third-order valence-corrected chi connectivity index (χ3v) is 4.45. The van der Waals surface area contributed by atoms with Crippen LogP contribution in [0, 0.1) is 0 Å². The van der Waals surface area contributed by atoms with Crippen molar-refractivity contribution in [3.63, 3.8) is 0 Å². The molecule has 0 bridgehead atoms. The molecule has 2 aromatic carbocycles. The highest BCUT2D eigenvalue weighted by molar-refractivity contribution is 5.41. The molecule has 1 aliphatic rings. The molecule has 0 amide bonds. The molecular formula is C21H26O4. The Labute approximate surface area is 149 Å². The summed E-state index contributed by atoms with van der Waals surface area (Å²) < 4.78 is 22.4. The van der Waals surface area contributed by atoms with Gasteiger partial charge in [-0.3, -0.25) is 0 Å². The summed E-state index contributed by atoms with van der Waals surface area (Å²) in [5.74, 6) is 1.75. The highest BCUT2D eigenvalue weighted by Crippen LogP contribution is 2.25. The number of rotatable bonds is 7. The molecule has 0 N–H and O–H groups in total. The molecular weight excluding hydrogens is 316 g/mol. The molecule has 2 aromatic rings. The first-order valence-corrected chi connectivity index (χ1v) is 8.80. The van der Waals surface area contributed by atoms with Crippen molar-refractivity contribution >= 4 is 0 Å².